The number of halogens is 3. The van der Waals surface area contributed by atoms with Gasteiger partial charge in [0.15, 0.2) is 11.5 Å². The molecule has 0 aliphatic carbocycles. The fourth-order valence-electron chi connectivity index (χ4n) is 3.56. The number of ether oxygens (including phenoxy) is 1. The van der Waals surface area contributed by atoms with Gasteiger partial charge in [-0.25, -0.2) is 9.97 Å². The van der Waals surface area contributed by atoms with Crippen molar-refractivity contribution in [1.29, 1.82) is 0 Å². The largest absolute Gasteiger partial charge is 0.457 e. The molecule has 2 heterocycles. The quantitative estimate of drug-likeness (QED) is 0.200. The highest BCUT2D eigenvalue weighted by molar-refractivity contribution is 5.88. The number of anilines is 1. The Morgan fingerprint density at radius 2 is 1.53 bits per heavy atom. The molecule has 0 aliphatic heterocycles. The fourth-order valence-corrected chi connectivity index (χ4v) is 3.56. The summed E-state index contributed by atoms with van der Waals surface area (Å²) in [6.45, 7) is 0. The van der Waals surface area contributed by atoms with Crippen molar-refractivity contribution in [1.82, 2.24) is 9.97 Å². The van der Waals surface area contributed by atoms with E-state index in [1.54, 1.807) is 18.5 Å². The van der Waals surface area contributed by atoms with E-state index in [1.165, 1.54) is 12.1 Å². The van der Waals surface area contributed by atoms with Gasteiger partial charge in [0.25, 0.3) is 0 Å². The van der Waals surface area contributed by atoms with Crippen LogP contribution in [0.5, 0.6) is 11.5 Å². The van der Waals surface area contributed by atoms with Crippen LogP contribution < -0.4 is 10.2 Å². The molecule has 0 atom stereocenters. The van der Waals surface area contributed by atoms with Gasteiger partial charge in [0.1, 0.15) is 11.5 Å². The van der Waals surface area contributed by atoms with Gasteiger partial charge in [-0.3, -0.25) is 5.43 Å². The van der Waals surface area contributed by atoms with Gasteiger partial charge in [-0.2, -0.15) is 18.3 Å². The van der Waals surface area contributed by atoms with Crippen molar-refractivity contribution in [2.75, 3.05) is 5.43 Å². The van der Waals surface area contributed by atoms with E-state index in [1.807, 2.05) is 66.7 Å². The van der Waals surface area contributed by atoms with Crippen LogP contribution in [0.2, 0.25) is 0 Å². The topological polar surface area (TPSA) is 59.4 Å². The van der Waals surface area contributed by atoms with Gasteiger partial charge in [-0.05, 0) is 77.9 Å². The highest BCUT2D eigenvalue weighted by Crippen LogP contribution is 2.34. The van der Waals surface area contributed by atoms with E-state index in [-0.39, 0.29) is 0 Å². The molecule has 0 amide bonds. The molecule has 0 spiro atoms. The Bertz CT molecular complexity index is 1500. The molecule has 5 rings (SSSR count). The normalized spacial score (nSPS) is 11.6. The Morgan fingerprint density at radius 3 is 2.25 bits per heavy atom. The van der Waals surface area contributed by atoms with Crippen LogP contribution in [0, 0.1) is 0 Å². The van der Waals surface area contributed by atoms with Gasteiger partial charge >= 0.3 is 6.18 Å². The minimum atomic E-state index is -4.41. The van der Waals surface area contributed by atoms with Gasteiger partial charge in [0.2, 0.25) is 0 Å². The third kappa shape index (κ3) is 5.33. The molecule has 5 nitrogen and oxygen atoms in total. The number of nitrogens with zero attached hydrogens (tertiary/aromatic N) is 3. The molecule has 178 valence electrons. The average molecular weight is 484 g/mol. The van der Waals surface area contributed by atoms with Crippen LogP contribution in [0.4, 0.5) is 19.0 Å². The molecule has 36 heavy (non-hydrogen) atoms. The Morgan fingerprint density at radius 1 is 0.806 bits per heavy atom. The molecular formula is C28H19F3N4O. The van der Waals surface area contributed by atoms with Gasteiger partial charge in [0, 0.05) is 17.1 Å². The summed E-state index contributed by atoms with van der Waals surface area (Å²) in [6, 6.07) is 27.2. The molecule has 0 saturated heterocycles. The minimum absolute atomic E-state index is 0.376. The fraction of sp³-hybridized carbons (Fsp3) is 0.0357. The summed E-state index contributed by atoms with van der Waals surface area (Å²) in [4.78, 5) is 8.80. The number of rotatable bonds is 6. The summed E-state index contributed by atoms with van der Waals surface area (Å²) >= 11 is 0. The van der Waals surface area contributed by atoms with Crippen molar-refractivity contribution in [3.8, 4) is 22.6 Å². The third-order valence-corrected chi connectivity index (χ3v) is 5.36. The lowest BCUT2D eigenvalue weighted by Crippen LogP contribution is -2.04. The lowest BCUT2D eigenvalue weighted by Gasteiger charge is -2.12. The molecule has 3 aromatic carbocycles. The first-order chi connectivity index (χ1) is 17.5. The van der Waals surface area contributed by atoms with E-state index in [0.29, 0.717) is 28.3 Å². The lowest BCUT2D eigenvalue weighted by atomic mass is 10.0. The number of para-hydroxylation sites is 1. The summed E-state index contributed by atoms with van der Waals surface area (Å²) in [5.74, 6) is 1.81. The monoisotopic (exact) mass is 484 g/mol. The highest BCUT2D eigenvalue weighted by atomic mass is 19.4. The number of benzene rings is 3. The number of nitrogens with one attached hydrogen (secondary N) is 1. The van der Waals surface area contributed by atoms with Crippen LogP contribution in [0.1, 0.15) is 11.1 Å². The summed E-state index contributed by atoms with van der Waals surface area (Å²) in [6.07, 6.45) is -1.16. The number of hydrazone groups is 1. The molecule has 2 aromatic heterocycles. The first kappa shape index (κ1) is 23.0. The van der Waals surface area contributed by atoms with E-state index in [0.717, 1.165) is 28.8 Å². The van der Waals surface area contributed by atoms with E-state index >= 15 is 0 Å². The molecular weight excluding hydrogens is 465 g/mol. The highest BCUT2D eigenvalue weighted by Gasteiger charge is 2.30. The summed E-state index contributed by atoms with van der Waals surface area (Å²) in [7, 11) is 0. The van der Waals surface area contributed by atoms with Crippen LogP contribution in [-0.2, 0) is 6.18 Å². The molecule has 5 aromatic rings. The van der Waals surface area contributed by atoms with Crippen molar-refractivity contribution in [2.24, 2.45) is 5.10 Å². The van der Waals surface area contributed by atoms with Crippen molar-refractivity contribution >= 4 is 23.1 Å². The number of fused-ring (bicyclic) bond motifs is 1. The van der Waals surface area contributed by atoms with Crippen molar-refractivity contribution < 1.29 is 17.9 Å². The Labute approximate surface area is 204 Å². The smallest absolute Gasteiger partial charge is 0.416 e. The maximum Gasteiger partial charge on any atom is 0.416 e. The van der Waals surface area contributed by atoms with E-state index in [2.05, 4.69) is 20.5 Å². The SMILES string of the molecule is FC(F)(F)c1ccc(-c2cc3cccnc3nc2N/N=C/c2ccc(Oc3ccccc3)cc2)cc1. The number of pyridine rings is 2. The number of hydrogen-bond donors (Lipinski definition) is 1. The number of alkyl halides is 3. The third-order valence-electron chi connectivity index (χ3n) is 5.36. The Hall–Kier alpha value is -4.72. The predicted octanol–water partition coefficient (Wildman–Crippen LogP) is 7.55. The van der Waals surface area contributed by atoms with E-state index in [9.17, 15) is 13.2 Å². The predicted molar refractivity (Wildman–Crippen MR) is 134 cm³/mol. The van der Waals surface area contributed by atoms with Gasteiger partial charge in [0.05, 0.1) is 11.8 Å². The van der Waals surface area contributed by atoms with Crippen molar-refractivity contribution in [3.05, 3.63) is 114 Å². The maximum atomic E-state index is 13.0. The lowest BCUT2D eigenvalue weighted by molar-refractivity contribution is -0.137. The van der Waals surface area contributed by atoms with E-state index in [4.69, 9.17) is 4.74 Å². The summed E-state index contributed by atoms with van der Waals surface area (Å²) < 4.78 is 44.8. The van der Waals surface area contributed by atoms with Gasteiger partial charge in [-0.15, -0.1) is 0 Å². The van der Waals surface area contributed by atoms with Crippen LogP contribution >= 0.6 is 0 Å². The van der Waals surface area contributed by atoms with Crippen LogP contribution in [0.3, 0.4) is 0 Å². The molecule has 0 bridgehead atoms. The molecule has 1 N–H and O–H groups in total. The van der Waals surface area contributed by atoms with E-state index < -0.39 is 11.7 Å². The second-order valence-electron chi connectivity index (χ2n) is 7.86. The van der Waals surface area contributed by atoms with Crippen molar-refractivity contribution in [3.63, 3.8) is 0 Å². The Balaban J connectivity index is 1.38. The summed E-state index contributed by atoms with van der Waals surface area (Å²) in [5, 5.41) is 5.05. The molecule has 0 aliphatic rings. The zero-order valence-electron chi connectivity index (χ0n) is 18.8. The zero-order valence-corrected chi connectivity index (χ0v) is 18.8. The van der Waals surface area contributed by atoms with Gasteiger partial charge < -0.3 is 4.74 Å². The molecule has 0 unspecified atom stereocenters. The molecule has 0 saturated carbocycles. The van der Waals surface area contributed by atoms with Gasteiger partial charge in [-0.1, -0.05) is 30.3 Å². The standard InChI is InChI=1S/C28H19F3N4O/c29-28(30,31)22-12-10-20(11-13-22)25-17-21-5-4-16-32-26(21)34-27(25)35-33-18-19-8-14-24(15-9-19)36-23-6-2-1-3-7-23/h1-18H,(H,32,34,35)/b33-18+. The molecule has 0 radical (unpaired) electrons. The summed E-state index contributed by atoms with van der Waals surface area (Å²) in [5.41, 5.74) is 4.69. The van der Waals surface area contributed by atoms with Crippen LogP contribution in [-0.4, -0.2) is 16.2 Å². The van der Waals surface area contributed by atoms with Crippen LogP contribution in [0.25, 0.3) is 22.2 Å². The number of hydrogen-bond acceptors (Lipinski definition) is 5. The molecule has 8 heteroatoms. The second kappa shape index (κ2) is 9.87. The maximum absolute atomic E-state index is 13.0. The first-order valence-corrected chi connectivity index (χ1v) is 11.0. The average Bonchev–Trinajstić information content (AvgIpc) is 2.89. The van der Waals surface area contributed by atoms with Crippen LogP contribution in [0.15, 0.2) is 108 Å². The number of aromatic nitrogens is 2. The zero-order chi connectivity index (χ0) is 25.0. The minimum Gasteiger partial charge on any atom is -0.457 e. The first-order valence-electron chi connectivity index (χ1n) is 11.0. The molecule has 0 fully saturated rings. The Kier molecular flexibility index (Phi) is 6.32. The van der Waals surface area contributed by atoms with Crippen molar-refractivity contribution in [2.45, 2.75) is 6.18 Å². The second-order valence-corrected chi connectivity index (χ2v) is 7.86.